The van der Waals surface area contributed by atoms with Crippen molar-refractivity contribution in [3.8, 4) is 0 Å². The maximum Gasteiger partial charge on any atom is -0.00987 e. The van der Waals surface area contributed by atoms with Gasteiger partial charge in [0.2, 0.25) is 0 Å². The van der Waals surface area contributed by atoms with Crippen LogP contribution >= 0.6 is 0 Å². The van der Waals surface area contributed by atoms with Gasteiger partial charge < -0.3 is 0 Å². The zero-order chi connectivity index (χ0) is 13.7. The molecule has 0 N–H and O–H groups in total. The molecule has 0 aromatic heterocycles. The lowest BCUT2D eigenvalue weighted by Crippen LogP contribution is -1.86. The van der Waals surface area contributed by atoms with Crippen molar-refractivity contribution in [3.63, 3.8) is 0 Å². The third-order valence-corrected chi connectivity index (χ3v) is 4.21. The van der Waals surface area contributed by atoms with Gasteiger partial charge in [0.05, 0.1) is 0 Å². The highest BCUT2D eigenvalue weighted by atomic mass is 14.2. The number of rotatable bonds is 0. The van der Waals surface area contributed by atoms with Gasteiger partial charge in [0.15, 0.2) is 0 Å². The molecule has 0 nitrogen and oxygen atoms in total. The van der Waals surface area contributed by atoms with Gasteiger partial charge in [-0.3, -0.25) is 0 Å². The Labute approximate surface area is 119 Å². The molecular weight excluding hydrogens is 240 g/mol. The Bertz CT molecular complexity index is 904. The van der Waals surface area contributed by atoms with Crippen LogP contribution in [0.3, 0.4) is 0 Å². The van der Waals surface area contributed by atoms with E-state index in [1.54, 1.807) is 0 Å². The summed E-state index contributed by atoms with van der Waals surface area (Å²) in [5.41, 5.74) is 5.48. The zero-order valence-electron chi connectivity index (χ0n) is 11.8. The molecule has 0 aliphatic heterocycles. The first-order valence-corrected chi connectivity index (χ1v) is 7.06. The van der Waals surface area contributed by atoms with Gasteiger partial charge in [-0.2, -0.15) is 0 Å². The molecule has 1 aliphatic rings. The van der Waals surface area contributed by atoms with Crippen molar-refractivity contribution in [3.05, 3.63) is 71.3 Å². The third-order valence-electron chi connectivity index (χ3n) is 4.21. The molecule has 0 saturated heterocycles. The van der Waals surface area contributed by atoms with Crippen LogP contribution in [0.2, 0.25) is 0 Å². The molecule has 0 bridgehead atoms. The number of benzene rings is 3. The highest BCUT2D eigenvalue weighted by Gasteiger charge is 2.15. The molecule has 20 heavy (non-hydrogen) atoms. The first-order chi connectivity index (χ1) is 9.75. The van der Waals surface area contributed by atoms with Gasteiger partial charge in [-0.25, -0.2) is 0 Å². The van der Waals surface area contributed by atoms with Gasteiger partial charge in [0.25, 0.3) is 0 Å². The Morgan fingerprint density at radius 2 is 1.50 bits per heavy atom. The van der Waals surface area contributed by atoms with Crippen LogP contribution in [0.5, 0.6) is 0 Å². The molecule has 0 radical (unpaired) electrons. The summed E-state index contributed by atoms with van der Waals surface area (Å²) in [5, 5.41) is 5.35. The van der Waals surface area contributed by atoms with Crippen LogP contribution in [0.1, 0.15) is 25.0 Å². The average molecular weight is 256 g/mol. The molecule has 0 spiro atoms. The minimum atomic E-state index is 1.31. The summed E-state index contributed by atoms with van der Waals surface area (Å²) in [6.07, 6.45) is 4.50. The molecule has 4 rings (SSSR count). The summed E-state index contributed by atoms with van der Waals surface area (Å²) in [5.74, 6) is 0. The smallest absolute Gasteiger partial charge is 0.00987 e. The molecule has 0 heterocycles. The lowest BCUT2D eigenvalue weighted by atomic mass is 9.94. The van der Waals surface area contributed by atoms with Gasteiger partial charge in [-0.15, -0.1) is 0 Å². The molecule has 96 valence electrons. The van der Waals surface area contributed by atoms with E-state index in [1.807, 2.05) is 0 Å². The maximum absolute atomic E-state index is 2.27. The van der Waals surface area contributed by atoms with E-state index in [0.717, 1.165) is 0 Å². The van der Waals surface area contributed by atoms with E-state index >= 15 is 0 Å². The summed E-state index contributed by atoms with van der Waals surface area (Å²) in [6.45, 7) is 4.36. The standard InChI is InChI=1S/C20H16/c1-13(2)15-9-10-20-17(15)11-12-18-16-6-4-3-5-14(16)7-8-19(18)20/h3-12H,1-2H3. The van der Waals surface area contributed by atoms with Crippen LogP contribution in [0, 0.1) is 0 Å². The zero-order valence-corrected chi connectivity index (χ0v) is 11.8. The van der Waals surface area contributed by atoms with Crippen molar-refractivity contribution in [2.75, 3.05) is 0 Å². The third kappa shape index (κ3) is 1.48. The van der Waals surface area contributed by atoms with E-state index < -0.39 is 0 Å². The molecule has 3 aromatic rings. The van der Waals surface area contributed by atoms with Crippen molar-refractivity contribution in [2.45, 2.75) is 13.8 Å². The molecule has 0 heteroatoms. The van der Waals surface area contributed by atoms with Crippen molar-refractivity contribution < 1.29 is 0 Å². The monoisotopic (exact) mass is 256 g/mol. The molecular formula is C20H16. The molecule has 0 unspecified atom stereocenters. The van der Waals surface area contributed by atoms with E-state index in [-0.39, 0.29) is 0 Å². The van der Waals surface area contributed by atoms with Crippen LogP contribution in [-0.4, -0.2) is 0 Å². The van der Waals surface area contributed by atoms with Crippen molar-refractivity contribution >= 4 is 33.2 Å². The van der Waals surface area contributed by atoms with Gasteiger partial charge in [0.1, 0.15) is 0 Å². The summed E-state index contributed by atoms with van der Waals surface area (Å²) in [7, 11) is 0. The van der Waals surface area contributed by atoms with Crippen LogP contribution in [0.15, 0.2) is 60.2 Å². The SMILES string of the molecule is CC(C)=C1C=Cc2c1ccc1c2ccc2ccccc21. The van der Waals surface area contributed by atoms with E-state index in [1.165, 1.54) is 43.8 Å². The maximum atomic E-state index is 2.27. The Kier molecular flexibility index (Phi) is 2.34. The fourth-order valence-electron chi connectivity index (χ4n) is 3.22. The fourth-order valence-corrected chi connectivity index (χ4v) is 3.22. The van der Waals surface area contributed by atoms with Gasteiger partial charge in [-0.1, -0.05) is 66.3 Å². The molecule has 1 aliphatic carbocycles. The number of allylic oxidation sites excluding steroid dienone is 3. The van der Waals surface area contributed by atoms with Gasteiger partial charge in [-0.05, 0) is 52.1 Å². The fraction of sp³-hybridized carbons (Fsp3) is 0.100. The second kappa shape index (κ2) is 4.08. The summed E-state index contributed by atoms with van der Waals surface area (Å²) < 4.78 is 0. The number of fused-ring (bicyclic) bond motifs is 5. The highest BCUT2D eigenvalue weighted by molar-refractivity contribution is 6.13. The van der Waals surface area contributed by atoms with Crippen LogP contribution in [0.4, 0.5) is 0 Å². The second-order valence-corrected chi connectivity index (χ2v) is 5.66. The first kappa shape index (κ1) is 11.5. The Hall–Kier alpha value is -2.34. The van der Waals surface area contributed by atoms with E-state index in [2.05, 4.69) is 74.5 Å². The van der Waals surface area contributed by atoms with E-state index in [4.69, 9.17) is 0 Å². The quantitative estimate of drug-likeness (QED) is 0.445. The number of hydrogen-bond donors (Lipinski definition) is 0. The lowest BCUT2D eigenvalue weighted by molar-refractivity contribution is 1.40. The molecule has 0 saturated carbocycles. The molecule has 0 atom stereocenters. The minimum absolute atomic E-state index is 1.31. The van der Waals surface area contributed by atoms with Crippen molar-refractivity contribution in [2.24, 2.45) is 0 Å². The van der Waals surface area contributed by atoms with Gasteiger partial charge in [0, 0.05) is 0 Å². The van der Waals surface area contributed by atoms with Crippen LogP contribution < -0.4 is 0 Å². The second-order valence-electron chi connectivity index (χ2n) is 5.66. The summed E-state index contributed by atoms with van der Waals surface area (Å²) in [4.78, 5) is 0. The highest BCUT2D eigenvalue weighted by Crippen LogP contribution is 2.38. The average Bonchev–Trinajstić information content (AvgIpc) is 2.91. The summed E-state index contributed by atoms with van der Waals surface area (Å²) in [6, 6.07) is 17.6. The molecule has 0 amide bonds. The van der Waals surface area contributed by atoms with Gasteiger partial charge >= 0.3 is 0 Å². The van der Waals surface area contributed by atoms with Crippen LogP contribution in [0.25, 0.3) is 33.2 Å². The predicted molar refractivity (Wildman–Crippen MR) is 88.8 cm³/mol. The Morgan fingerprint density at radius 3 is 2.35 bits per heavy atom. The minimum Gasteiger partial charge on any atom is -0.0686 e. The Balaban J connectivity index is 2.15. The molecule has 0 fully saturated rings. The topological polar surface area (TPSA) is 0 Å². The predicted octanol–water partition coefficient (Wildman–Crippen LogP) is 5.81. The summed E-state index contributed by atoms with van der Waals surface area (Å²) >= 11 is 0. The molecule has 3 aromatic carbocycles. The largest absolute Gasteiger partial charge is 0.0686 e. The number of hydrogen-bond acceptors (Lipinski definition) is 0. The Morgan fingerprint density at radius 1 is 0.700 bits per heavy atom. The van der Waals surface area contributed by atoms with Crippen molar-refractivity contribution in [1.29, 1.82) is 0 Å². The van der Waals surface area contributed by atoms with E-state index in [9.17, 15) is 0 Å². The lowest BCUT2D eigenvalue weighted by Gasteiger charge is -2.09. The van der Waals surface area contributed by atoms with Crippen molar-refractivity contribution in [1.82, 2.24) is 0 Å². The van der Waals surface area contributed by atoms with Crippen LogP contribution in [-0.2, 0) is 0 Å². The van der Waals surface area contributed by atoms with E-state index in [0.29, 0.717) is 0 Å². The normalized spacial score (nSPS) is 13.2. The first-order valence-electron chi connectivity index (χ1n) is 7.06.